The van der Waals surface area contributed by atoms with Gasteiger partial charge in [0, 0.05) is 7.05 Å². The zero-order valence-electron chi connectivity index (χ0n) is 17.5. The molecular weight excluding hydrogens is 366 g/mol. The predicted octanol–water partition coefficient (Wildman–Crippen LogP) is 3.90. The van der Waals surface area contributed by atoms with Crippen molar-refractivity contribution in [2.75, 3.05) is 5.32 Å². The molecule has 0 aliphatic carbocycles. The second-order valence-electron chi connectivity index (χ2n) is 7.21. The normalized spacial score (nSPS) is 11.9. The number of benzene rings is 2. The Labute approximate surface area is 170 Å². The number of aryl methyl sites for hydroxylation is 2. The Morgan fingerprint density at radius 3 is 2.41 bits per heavy atom. The van der Waals surface area contributed by atoms with Crippen molar-refractivity contribution in [1.29, 1.82) is 0 Å². The highest BCUT2D eigenvalue weighted by molar-refractivity contribution is 5.94. The maximum absolute atomic E-state index is 13.0. The van der Waals surface area contributed by atoms with E-state index in [1.165, 1.54) is 4.68 Å². The van der Waals surface area contributed by atoms with Crippen molar-refractivity contribution in [3.05, 3.63) is 75.7 Å². The summed E-state index contributed by atoms with van der Waals surface area (Å²) in [6.45, 7) is 7.65. The molecule has 29 heavy (non-hydrogen) atoms. The maximum atomic E-state index is 13.0. The van der Waals surface area contributed by atoms with Gasteiger partial charge in [-0.2, -0.15) is 0 Å². The van der Waals surface area contributed by atoms with Crippen LogP contribution in [0.1, 0.15) is 30.2 Å². The van der Waals surface area contributed by atoms with E-state index in [1.54, 1.807) is 11.7 Å². The van der Waals surface area contributed by atoms with Gasteiger partial charge in [0.1, 0.15) is 11.4 Å². The molecule has 6 nitrogen and oxygen atoms in total. The van der Waals surface area contributed by atoms with Crippen LogP contribution in [0.2, 0.25) is 0 Å². The van der Waals surface area contributed by atoms with Crippen molar-refractivity contribution in [3.63, 3.8) is 0 Å². The largest absolute Gasteiger partial charge is 0.480 e. The number of carbonyl (C=O) groups excluding carboxylic acids is 1. The number of aromatic nitrogens is 2. The molecule has 1 heterocycles. The van der Waals surface area contributed by atoms with E-state index < -0.39 is 6.10 Å². The zero-order chi connectivity index (χ0) is 21.1. The van der Waals surface area contributed by atoms with Crippen molar-refractivity contribution in [2.45, 2.75) is 40.2 Å². The third-order valence-corrected chi connectivity index (χ3v) is 5.07. The van der Waals surface area contributed by atoms with Gasteiger partial charge in [-0.25, -0.2) is 4.68 Å². The molecular formula is C23H27N3O3. The van der Waals surface area contributed by atoms with Crippen molar-refractivity contribution in [3.8, 4) is 11.4 Å². The number of amides is 1. The van der Waals surface area contributed by atoms with Gasteiger partial charge in [-0.05, 0) is 51.0 Å². The molecule has 0 radical (unpaired) electrons. The highest BCUT2D eigenvalue weighted by atomic mass is 16.5. The average molecular weight is 393 g/mol. The number of para-hydroxylation sites is 1. The standard InChI is InChI=1S/C23H27N3O3/c1-6-19(29-20-13-12-15(2)14-16(20)3)22(27)24-21-17(4)25(5)26(23(21)28)18-10-8-7-9-11-18/h7-14,19H,6H2,1-5H3,(H,24,27). The number of anilines is 1. The van der Waals surface area contributed by atoms with Crippen LogP contribution >= 0.6 is 0 Å². The Morgan fingerprint density at radius 2 is 1.79 bits per heavy atom. The van der Waals surface area contributed by atoms with Gasteiger partial charge in [0.05, 0.1) is 11.4 Å². The summed E-state index contributed by atoms with van der Waals surface area (Å²) in [4.78, 5) is 25.9. The van der Waals surface area contributed by atoms with E-state index in [1.807, 2.05) is 76.2 Å². The number of ether oxygens (including phenoxy) is 1. The molecule has 3 aromatic rings. The summed E-state index contributed by atoms with van der Waals surface area (Å²) in [6, 6.07) is 15.2. The molecule has 0 aliphatic rings. The molecule has 0 saturated carbocycles. The molecule has 3 rings (SSSR count). The molecule has 1 atom stereocenters. The van der Waals surface area contributed by atoms with Gasteiger partial charge in [0.25, 0.3) is 11.5 Å². The van der Waals surface area contributed by atoms with E-state index in [9.17, 15) is 9.59 Å². The van der Waals surface area contributed by atoms with Gasteiger partial charge in [-0.3, -0.25) is 14.3 Å². The third-order valence-electron chi connectivity index (χ3n) is 5.07. The van der Waals surface area contributed by atoms with Gasteiger partial charge in [-0.1, -0.05) is 42.8 Å². The van der Waals surface area contributed by atoms with Crippen LogP contribution in [-0.4, -0.2) is 21.4 Å². The number of hydrogen-bond donors (Lipinski definition) is 1. The molecule has 6 heteroatoms. The summed E-state index contributed by atoms with van der Waals surface area (Å²) in [5.41, 5.74) is 3.51. The monoisotopic (exact) mass is 393 g/mol. The van der Waals surface area contributed by atoms with Crippen molar-refractivity contribution < 1.29 is 9.53 Å². The Balaban J connectivity index is 1.87. The molecule has 1 unspecified atom stereocenters. The minimum absolute atomic E-state index is 0.268. The first-order valence-electron chi connectivity index (χ1n) is 9.72. The summed E-state index contributed by atoms with van der Waals surface area (Å²) in [6.07, 6.45) is -0.210. The Hall–Kier alpha value is -3.28. The fraction of sp³-hybridized carbons (Fsp3) is 0.304. The maximum Gasteiger partial charge on any atom is 0.295 e. The quantitative estimate of drug-likeness (QED) is 0.691. The molecule has 1 aromatic heterocycles. The number of nitrogens with one attached hydrogen (secondary N) is 1. The first-order chi connectivity index (χ1) is 13.8. The van der Waals surface area contributed by atoms with Crippen LogP contribution in [0.15, 0.2) is 53.3 Å². The molecule has 0 saturated heterocycles. The van der Waals surface area contributed by atoms with Crippen LogP contribution in [0.4, 0.5) is 5.69 Å². The number of hydrogen-bond acceptors (Lipinski definition) is 3. The Kier molecular flexibility index (Phi) is 5.92. The average Bonchev–Trinajstić information content (AvgIpc) is 2.91. The predicted molar refractivity (Wildman–Crippen MR) is 115 cm³/mol. The van der Waals surface area contributed by atoms with Gasteiger partial charge < -0.3 is 10.1 Å². The SMILES string of the molecule is CCC(Oc1ccc(C)cc1C)C(=O)Nc1c(C)n(C)n(-c2ccccc2)c1=O. The van der Waals surface area contributed by atoms with E-state index in [4.69, 9.17) is 4.74 Å². The van der Waals surface area contributed by atoms with Crippen LogP contribution in [0.3, 0.4) is 0 Å². The lowest BCUT2D eigenvalue weighted by atomic mass is 10.1. The number of carbonyl (C=O) groups is 1. The van der Waals surface area contributed by atoms with E-state index >= 15 is 0 Å². The van der Waals surface area contributed by atoms with Crippen LogP contribution in [0.25, 0.3) is 5.69 Å². The van der Waals surface area contributed by atoms with Gasteiger partial charge >= 0.3 is 0 Å². The molecule has 152 valence electrons. The smallest absolute Gasteiger partial charge is 0.295 e. The summed E-state index contributed by atoms with van der Waals surface area (Å²) >= 11 is 0. The molecule has 0 aliphatic heterocycles. The van der Waals surface area contributed by atoms with Gasteiger partial charge in [0.2, 0.25) is 0 Å². The highest BCUT2D eigenvalue weighted by Gasteiger charge is 2.24. The minimum Gasteiger partial charge on any atom is -0.480 e. The lowest BCUT2D eigenvalue weighted by molar-refractivity contribution is -0.122. The fourth-order valence-electron chi connectivity index (χ4n) is 3.32. The Morgan fingerprint density at radius 1 is 1.10 bits per heavy atom. The summed E-state index contributed by atoms with van der Waals surface area (Å²) in [7, 11) is 1.79. The lowest BCUT2D eigenvalue weighted by Crippen LogP contribution is -2.34. The molecule has 0 spiro atoms. The zero-order valence-corrected chi connectivity index (χ0v) is 17.5. The molecule has 1 amide bonds. The van der Waals surface area contributed by atoms with E-state index in [2.05, 4.69) is 5.32 Å². The third kappa shape index (κ3) is 4.11. The summed E-state index contributed by atoms with van der Waals surface area (Å²) < 4.78 is 9.23. The van der Waals surface area contributed by atoms with Crippen LogP contribution < -0.4 is 15.6 Å². The van der Waals surface area contributed by atoms with Crippen LogP contribution in [-0.2, 0) is 11.8 Å². The van der Waals surface area contributed by atoms with E-state index in [-0.39, 0.29) is 17.2 Å². The second kappa shape index (κ2) is 8.39. The first kappa shape index (κ1) is 20.5. The molecule has 0 bridgehead atoms. The van der Waals surface area contributed by atoms with Crippen LogP contribution in [0, 0.1) is 20.8 Å². The highest BCUT2D eigenvalue weighted by Crippen LogP contribution is 2.22. The van der Waals surface area contributed by atoms with Crippen molar-refractivity contribution >= 4 is 11.6 Å². The minimum atomic E-state index is -0.694. The first-order valence-corrected chi connectivity index (χ1v) is 9.72. The molecule has 1 N–H and O–H groups in total. The molecule has 0 fully saturated rings. The van der Waals surface area contributed by atoms with Crippen molar-refractivity contribution in [1.82, 2.24) is 9.36 Å². The molecule has 2 aromatic carbocycles. The van der Waals surface area contributed by atoms with E-state index in [0.717, 1.165) is 16.8 Å². The number of nitrogens with zero attached hydrogens (tertiary/aromatic N) is 2. The lowest BCUT2D eigenvalue weighted by Gasteiger charge is -2.18. The van der Waals surface area contributed by atoms with Gasteiger partial charge in [-0.15, -0.1) is 0 Å². The summed E-state index contributed by atoms with van der Waals surface area (Å²) in [5, 5.41) is 2.79. The van der Waals surface area contributed by atoms with Crippen molar-refractivity contribution in [2.24, 2.45) is 7.05 Å². The second-order valence-corrected chi connectivity index (χ2v) is 7.21. The fourth-order valence-corrected chi connectivity index (χ4v) is 3.32. The Bertz CT molecular complexity index is 1080. The summed E-state index contributed by atoms with van der Waals surface area (Å²) in [5.74, 6) is 0.336. The van der Waals surface area contributed by atoms with Gasteiger partial charge in [0.15, 0.2) is 6.10 Å². The van der Waals surface area contributed by atoms with Crippen LogP contribution in [0.5, 0.6) is 5.75 Å². The van der Waals surface area contributed by atoms with E-state index in [0.29, 0.717) is 17.9 Å². The topological polar surface area (TPSA) is 65.3 Å². The number of rotatable bonds is 6.